The van der Waals surface area contributed by atoms with Gasteiger partial charge in [0.05, 0.1) is 18.8 Å². The molecule has 29 heavy (non-hydrogen) atoms. The molecule has 0 aliphatic carbocycles. The number of benzene rings is 2. The van der Waals surface area contributed by atoms with Crippen LogP contribution in [-0.4, -0.2) is 34.2 Å². The molecule has 0 spiro atoms. The van der Waals surface area contributed by atoms with E-state index in [0.717, 1.165) is 5.56 Å². The molecule has 0 radical (unpaired) electrons. The lowest BCUT2D eigenvalue weighted by atomic mass is 10.1. The Bertz CT molecular complexity index is 1130. The number of hydrogen-bond acceptors (Lipinski definition) is 5. The first-order valence-electron chi connectivity index (χ1n) is 9.02. The normalized spacial score (nSPS) is 15.3. The zero-order chi connectivity index (χ0) is 20.4. The fourth-order valence-corrected chi connectivity index (χ4v) is 3.15. The van der Waals surface area contributed by atoms with Crippen molar-refractivity contribution in [3.05, 3.63) is 88.3 Å². The summed E-state index contributed by atoms with van der Waals surface area (Å²) in [6.45, 7) is 0.203. The lowest BCUT2D eigenvalue weighted by Gasteiger charge is -2.33. The molecule has 0 saturated heterocycles. The van der Waals surface area contributed by atoms with E-state index in [-0.39, 0.29) is 24.3 Å². The summed E-state index contributed by atoms with van der Waals surface area (Å²) >= 11 is 0. The van der Waals surface area contributed by atoms with Crippen molar-refractivity contribution in [2.75, 3.05) is 11.4 Å². The van der Waals surface area contributed by atoms with Crippen LogP contribution in [0, 0.1) is 0 Å². The highest BCUT2D eigenvalue weighted by Gasteiger charge is 2.33. The summed E-state index contributed by atoms with van der Waals surface area (Å²) in [5, 5.41) is 4.24. The number of carbonyl (C=O) groups is 2. The lowest BCUT2D eigenvalue weighted by molar-refractivity contribution is -0.124. The fourth-order valence-electron chi connectivity index (χ4n) is 3.15. The number of aromatic nitrogens is 2. The van der Waals surface area contributed by atoms with Gasteiger partial charge < -0.3 is 10.5 Å². The average Bonchev–Trinajstić information content (AvgIpc) is 2.74. The van der Waals surface area contributed by atoms with Crippen molar-refractivity contribution in [1.82, 2.24) is 9.78 Å². The highest BCUT2D eigenvalue weighted by molar-refractivity contribution is 6.06. The number of amides is 2. The molecule has 8 heteroatoms. The van der Waals surface area contributed by atoms with Crippen LogP contribution in [0.2, 0.25) is 0 Å². The molecule has 8 nitrogen and oxygen atoms in total. The van der Waals surface area contributed by atoms with Crippen LogP contribution >= 0.6 is 0 Å². The van der Waals surface area contributed by atoms with Gasteiger partial charge in [-0.1, -0.05) is 42.5 Å². The number of rotatable bonds is 4. The van der Waals surface area contributed by atoms with Crippen molar-refractivity contribution in [3.63, 3.8) is 0 Å². The van der Waals surface area contributed by atoms with Crippen LogP contribution in [0.4, 0.5) is 5.69 Å². The number of ether oxygens (including phenoxy) is 1. The smallest absolute Gasteiger partial charge is 0.278 e. The Labute approximate surface area is 166 Å². The molecule has 146 valence electrons. The van der Waals surface area contributed by atoms with Crippen molar-refractivity contribution in [1.29, 1.82) is 0 Å². The summed E-state index contributed by atoms with van der Waals surface area (Å²) in [4.78, 5) is 38.5. The standard InChI is InChI=1S/C21H18N4O4/c22-20(27)18-13-24(16-8-4-5-9-17(16)29-18)21(28)15-10-11-19(26)25(23-15)12-14-6-2-1-3-7-14/h1-11,18H,12-13H2,(H2,22,27). The van der Waals surface area contributed by atoms with Gasteiger partial charge in [0, 0.05) is 6.07 Å². The third-order valence-electron chi connectivity index (χ3n) is 4.60. The number of para-hydroxylation sites is 2. The molecule has 0 fully saturated rings. The highest BCUT2D eigenvalue weighted by Crippen LogP contribution is 2.33. The third-order valence-corrected chi connectivity index (χ3v) is 4.60. The number of hydrogen-bond donors (Lipinski definition) is 1. The molecular weight excluding hydrogens is 372 g/mol. The Morgan fingerprint density at radius 1 is 1.03 bits per heavy atom. The SMILES string of the molecule is NC(=O)C1CN(C(=O)c2ccc(=O)n(Cc3ccccc3)n2)c2ccccc2O1. The zero-order valence-corrected chi connectivity index (χ0v) is 15.4. The second kappa shape index (κ2) is 7.59. The molecule has 2 aromatic carbocycles. The van der Waals surface area contributed by atoms with E-state index in [9.17, 15) is 14.4 Å². The number of fused-ring (bicyclic) bond motifs is 1. The summed E-state index contributed by atoms with van der Waals surface area (Å²) in [6, 6.07) is 18.9. The van der Waals surface area contributed by atoms with Gasteiger partial charge in [-0.2, -0.15) is 5.10 Å². The van der Waals surface area contributed by atoms with Gasteiger partial charge in [-0.15, -0.1) is 0 Å². The Morgan fingerprint density at radius 2 is 1.76 bits per heavy atom. The van der Waals surface area contributed by atoms with Crippen LogP contribution in [0.25, 0.3) is 0 Å². The van der Waals surface area contributed by atoms with E-state index in [4.69, 9.17) is 10.5 Å². The van der Waals surface area contributed by atoms with Crippen molar-refractivity contribution >= 4 is 17.5 Å². The summed E-state index contributed by atoms with van der Waals surface area (Å²) in [6.07, 6.45) is -0.968. The minimum atomic E-state index is -0.968. The van der Waals surface area contributed by atoms with Crippen molar-refractivity contribution < 1.29 is 14.3 Å². The summed E-state index contributed by atoms with van der Waals surface area (Å²) in [5.41, 5.74) is 6.56. The van der Waals surface area contributed by atoms with Crippen molar-refractivity contribution in [3.8, 4) is 5.75 Å². The third kappa shape index (κ3) is 3.73. The van der Waals surface area contributed by atoms with Crippen LogP contribution in [0.1, 0.15) is 16.1 Å². The van der Waals surface area contributed by atoms with Crippen LogP contribution in [-0.2, 0) is 11.3 Å². The van der Waals surface area contributed by atoms with Gasteiger partial charge in [-0.25, -0.2) is 4.68 Å². The maximum absolute atomic E-state index is 13.2. The predicted molar refractivity (Wildman–Crippen MR) is 106 cm³/mol. The first kappa shape index (κ1) is 18.4. The number of nitrogens with zero attached hydrogens (tertiary/aromatic N) is 3. The molecule has 3 aromatic rings. The first-order valence-corrected chi connectivity index (χ1v) is 9.02. The van der Waals surface area contributed by atoms with Crippen LogP contribution in [0.5, 0.6) is 5.75 Å². The highest BCUT2D eigenvalue weighted by atomic mass is 16.5. The minimum Gasteiger partial charge on any atom is -0.477 e. The first-order chi connectivity index (χ1) is 14.0. The summed E-state index contributed by atoms with van der Waals surface area (Å²) in [7, 11) is 0. The second-order valence-corrected chi connectivity index (χ2v) is 6.59. The quantitative estimate of drug-likeness (QED) is 0.720. The molecule has 1 aliphatic heterocycles. The Kier molecular flexibility index (Phi) is 4.82. The maximum atomic E-state index is 13.2. The Balaban J connectivity index is 1.68. The zero-order valence-electron chi connectivity index (χ0n) is 15.4. The van der Waals surface area contributed by atoms with Crippen LogP contribution < -0.4 is 20.9 Å². The number of nitrogens with two attached hydrogens (primary N) is 1. The van der Waals surface area contributed by atoms with E-state index < -0.39 is 17.9 Å². The van der Waals surface area contributed by atoms with E-state index in [1.807, 2.05) is 30.3 Å². The van der Waals surface area contributed by atoms with E-state index in [0.29, 0.717) is 11.4 Å². The van der Waals surface area contributed by atoms with Crippen molar-refractivity contribution in [2.24, 2.45) is 5.73 Å². The molecule has 1 unspecified atom stereocenters. The van der Waals surface area contributed by atoms with E-state index in [1.54, 1.807) is 24.3 Å². The largest absolute Gasteiger partial charge is 0.477 e. The Hall–Kier alpha value is -3.94. The topological polar surface area (TPSA) is 108 Å². The van der Waals surface area contributed by atoms with Gasteiger partial charge in [-0.05, 0) is 23.8 Å². The molecule has 1 atom stereocenters. The van der Waals surface area contributed by atoms with E-state index in [1.165, 1.54) is 21.7 Å². The minimum absolute atomic E-state index is 0.0370. The monoisotopic (exact) mass is 390 g/mol. The maximum Gasteiger partial charge on any atom is 0.278 e. The number of carbonyl (C=O) groups excluding carboxylic acids is 2. The van der Waals surface area contributed by atoms with Gasteiger partial charge in [0.15, 0.2) is 6.10 Å². The molecule has 1 aromatic heterocycles. The predicted octanol–water partition coefficient (Wildman–Crippen LogP) is 1.18. The fraction of sp³-hybridized carbons (Fsp3) is 0.143. The molecule has 2 amide bonds. The molecule has 1 aliphatic rings. The summed E-state index contributed by atoms with van der Waals surface area (Å²) < 4.78 is 6.82. The van der Waals surface area contributed by atoms with E-state index >= 15 is 0 Å². The van der Waals surface area contributed by atoms with Gasteiger partial charge in [0.1, 0.15) is 11.4 Å². The lowest BCUT2D eigenvalue weighted by Crippen LogP contribution is -2.49. The molecule has 2 N–H and O–H groups in total. The van der Waals surface area contributed by atoms with Gasteiger partial charge in [-0.3, -0.25) is 19.3 Å². The molecular formula is C21H18N4O4. The molecule has 0 bridgehead atoms. The number of anilines is 1. The van der Waals surface area contributed by atoms with Gasteiger partial charge >= 0.3 is 0 Å². The summed E-state index contributed by atoms with van der Waals surface area (Å²) in [5.74, 6) is -0.735. The Morgan fingerprint density at radius 3 is 2.52 bits per heavy atom. The average molecular weight is 390 g/mol. The van der Waals surface area contributed by atoms with Crippen LogP contribution in [0.15, 0.2) is 71.5 Å². The van der Waals surface area contributed by atoms with Gasteiger partial charge in [0.2, 0.25) is 0 Å². The number of primary amides is 1. The van der Waals surface area contributed by atoms with Crippen molar-refractivity contribution in [2.45, 2.75) is 12.6 Å². The van der Waals surface area contributed by atoms with Gasteiger partial charge in [0.25, 0.3) is 17.4 Å². The van der Waals surface area contributed by atoms with E-state index in [2.05, 4.69) is 5.10 Å². The van der Waals surface area contributed by atoms with Crippen LogP contribution in [0.3, 0.4) is 0 Å². The molecule has 4 rings (SSSR count). The molecule has 0 saturated carbocycles. The molecule has 2 heterocycles. The second-order valence-electron chi connectivity index (χ2n) is 6.59.